The number of halogens is 7. The topological polar surface area (TPSA) is 55.9 Å². The van der Waals surface area contributed by atoms with Gasteiger partial charge in [-0.1, -0.05) is 6.07 Å². The van der Waals surface area contributed by atoms with Crippen LogP contribution in [0.5, 0.6) is 0 Å². The van der Waals surface area contributed by atoms with Gasteiger partial charge >= 0.3 is 18.4 Å². The maximum atomic E-state index is 14.0. The summed E-state index contributed by atoms with van der Waals surface area (Å²) >= 11 is 0. The van der Waals surface area contributed by atoms with Gasteiger partial charge in [0.1, 0.15) is 5.82 Å². The van der Waals surface area contributed by atoms with Gasteiger partial charge in [0, 0.05) is 33.2 Å². The van der Waals surface area contributed by atoms with Crippen molar-refractivity contribution in [1.82, 2.24) is 20.0 Å². The Morgan fingerprint density at radius 3 is 2.24 bits per heavy atom. The molecule has 0 bridgehead atoms. The highest BCUT2D eigenvalue weighted by atomic mass is 19.4. The highest BCUT2D eigenvalue weighted by Gasteiger charge is 2.42. The summed E-state index contributed by atoms with van der Waals surface area (Å²) in [5, 5.41) is 2.76. The van der Waals surface area contributed by atoms with Gasteiger partial charge in [-0.15, -0.1) is 0 Å². The maximum Gasteiger partial charge on any atom is 0.416 e. The molecule has 2 aliphatic heterocycles. The van der Waals surface area contributed by atoms with Crippen molar-refractivity contribution in [2.75, 3.05) is 39.8 Å². The summed E-state index contributed by atoms with van der Waals surface area (Å²) in [6.45, 7) is 5.08. The molecule has 2 aliphatic rings. The van der Waals surface area contributed by atoms with Gasteiger partial charge in [0.2, 0.25) is 5.91 Å². The number of hydrogen-bond acceptors (Lipinski definition) is 3. The molecular formula is C28H31F7N4O2. The smallest absolute Gasteiger partial charge is 0.354 e. The fraction of sp³-hybridized carbons (Fsp3) is 0.500. The summed E-state index contributed by atoms with van der Waals surface area (Å²) in [5.74, 6) is -0.727. The zero-order valence-electron chi connectivity index (χ0n) is 22.7. The molecule has 4 rings (SSSR count). The second-order valence-corrected chi connectivity index (χ2v) is 10.7. The number of carbonyl (C=O) groups excluding carboxylic acids is 2. The van der Waals surface area contributed by atoms with Gasteiger partial charge in [-0.3, -0.25) is 9.69 Å². The molecule has 2 aromatic carbocycles. The van der Waals surface area contributed by atoms with Crippen LogP contribution in [0.2, 0.25) is 0 Å². The van der Waals surface area contributed by atoms with E-state index in [0.29, 0.717) is 49.3 Å². The SMILES string of the molecule is Cc1cc(F)ccc1[C@H]1[C@H](CN2CCNC(=O)C2)CCN1C(=O)N(C)[C@H](C)c1cc(C(F)(F)F)cc(C(F)(F)F)c1. The molecule has 2 aromatic rings. The molecule has 13 heteroatoms. The number of carbonyl (C=O) groups is 2. The van der Waals surface area contributed by atoms with E-state index in [-0.39, 0.29) is 36.5 Å². The highest BCUT2D eigenvalue weighted by molar-refractivity contribution is 5.78. The zero-order valence-corrected chi connectivity index (χ0v) is 22.7. The van der Waals surface area contributed by atoms with Crippen molar-refractivity contribution in [3.63, 3.8) is 0 Å². The van der Waals surface area contributed by atoms with Crippen LogP contribution in [0.4, 0.5) is 35.5 Å². The molecule has 41 heavy (non-hydrogen) atoms. The minimum Gasteiger partial charge on any atom is -0.354 e. The van der Waals surface area contributed by atoms with Crippen LogP contribution in [-0.2, 0) is 17.1 Å². The minimum absolute atomic E-state index is 0.0529. The summed E-state index contributed by atoms with van der Waals surface area (Å²) < 4.78 is 94.7. The molecule has 2 fully saturated rings. The van der Waals surface area contributed by atoms with Crippen molar-refractivity contribution in [1.29, 1.82) is 0 Å². The summed E-state index contributed by atoms with van der Waals surface area (Å²) in [4.78, 5) is 30.4. The Balaban J connectivity index is 1.65. The largest absolute Gasteiger partial charge is 0.416 e. The molecule has 0 aliphatic carbocycles. The molecule has 3 amide bonds. The quantitative estimate of drug-likeness (QED) is 0.451. The van der Waals surface area contributed by atoms with Crippen molar-refractivity contribution in [3.05, 3.63) is 70.0 Å². The van der Waals surface area contributed by atoms with Gasteiger partial charge in [-0.2, -0.15) is 26.3 Å². The van der Waals surface area contributed by atoms with Gasteiger partial charge < -0.3 is 15.1 Å². The first-order chi connectivity index (χ1) is 19.1. The first-order valence-corrected chi connectivity index (χ1v) is 13.1. The molecule has 0 spiro atoms. The van der Waals surface area contributed by atoms with Gasteiger partial charge in [0.15, 0.2) is 0 Å². The van der Waals surface area contributed by atoms with Crippen molar-refractivity contribution >= 4 is 11.9 Å². The molecule has 1 N–H and O–H groups in total. The van der Waals surface area contributed by atoms with Crippen LogP contribution in [0.3, 0.4) is 0 Å². The lowest BCUT2D eigenvalue weighted by molar-refractivity contribution is -0.143. The van der Waals surface area contributed by atoms with Gasteiger partial charge in [-0.05, 0) is 73.2 Å². The predicted molar refractivity (Wildman–Crippen MR) is 136 cm³/mol. The van der Waals surface area contributed by atoms with Crippen LogP contribution in [0.15, 0.2) is 36.4 Å². The van der Waals surface area contributed by atoms with E-state index in [1.165, 1.54) is 31.0 Å². The molecule has 0 radical (unpaired) electrons. The number of piperazine rings is 1. The molecule has 3 atom stereocenters. The van der Waals surface area contributed by atoms with E-state index in [9.17, 15) is 40.3 Å². The van der Waals surface area contributed by atoms with Crippen molar-refractivity contribution in [3.8, 4) is 0 Å². The average Bonchev–Trinajstić information content (AvgIpc) is 3.29. The van der Waals surface area contributed by atoms with Gasteiger partial charge in [0.25, 0.3) is 0 Å². The third-order valence-electron chi connectivity index (χ3n) is 7.90. The van der Waals surface area contributed by atoms with Crippen LogP contribution in [0, 0.1) is 18.7 Å². The molecular weight excluding hydrogens is 557 g/mol. The molecule has 6 nitrogen and oxygen atoms in total. The van der Waals surface area contributed by atoms with Crippen LogP contribution >= 0.6 is 0 Å². The molecule has 2 saturated heterocycles. The number of likely N-dealkylation sites (tertiary alicyclic amines) is 1. The number of nitrogens with zero attached hydrogens (tertiary/aromatic N) is 3. The third kappa shape index (κ3) is 6.77. The number of urea groups is 1. The number of aryl methyl sites for hydroxylation is 1. The van der Waals surface area contributed by atoms with Crippen LogP contribution in [-0.4, -0.2) is 66.4 Å². The molecule has 0 saturated carbocycles. The summed E-state index contributed by atoms with van der Waals surface area (Å²) in [7, 11) is 1.33. The highest BCUT2D eigenvalue weighted by Crippen LogP contribution is 2.42. The van der Waals surface area contributed by atoms with E-state index in [1.807, 2.05) is 4.90 Å². The lowest BCUT2D eigenvalue weighted by atomic mass is 9.90. The fourth-order valence-corrected chi connectivity index (χ4v) is 5.65. The lowest BCUT2D eigenvalue weighted by Gasteiger charge is -2.37. The first kappa shape index (κ1) is 30.6. The Morgan fingerprint density at radius 1 is 1.05 bits per heavy atom. The van der Waals surface area contributed by atoms with E-state index < -0.39 is 47.4 Å². The molecule has 0 aromatic heterocycles. The number of nitrogens with one attached hydrogen (secondary N) is 1. The van der Waals surface area contributed by atoms with E-state index in [0.717, 1.165) is 4.90 Å². The Morgan fingerprint density at radius 2 is 1.68 bits per heavy atom. The number of rotatable bonds is 5. The second-order valence-electron chi connectivity index (χ2n) is 10.7. The van der Waals surface area contributed by atoms with Gasteiger partial charge in [0.05, 0.1) is 29.8 Å². The van der Waals surface area contributed by atoms with E-state index >= 15 is 0 Å². The third-order valence-corrected chi connectivity index (χ3v) is 7.90. The Kier molecular flexibility index (Phi) is 8.58. The maximum absolute atomic E-state index is 14.0. The van der Waals surface area contributed by atoms with E-state index in [1.54, 1.807) is 13.0 Å². The number of hydrogen-bond donors (Lipinski definition) is 1. The van der Waals surface area contributed by atoms with Crippen LogP contribution in [0.1, 0.15) is 53.2 Å². The minimum atomic E-state index is -5.02. The molecule has 224 valence electrons. The van der Waals surface area contributed by atoms with Gasteiger partial charge in [-0.25, -0.2) is 9.18 Å². The van der Waals surface area contributed by atoms with E-state index in [2.05, 4.69) is 5.32 Å². The Bertz CT molecular complexity index is 1260. The number of benzene rings is 2. The van der Waals surface area contributed by atoms with Crippen LogP contribution in [0.25, 0.3) is 0 Å². The molecule has 0 unspecified atom stereocenters. The second kappa shape index (κ2) is 11.5. The molecule has 2 heterocycles. The Hall–Kier alpha value is -3.35. The fourth-order valence-electron chi connectivity index (χ4n) is 5.65. The Labute approximate surface area is 233 Å². The number of alkyl halides is 6. The average molecular weight is 589 g/mol. The normalized spacial score (nSPS) is 21.1. The van der Waals surface area contributed by atoms with Crippen molar-refractivity contribution in [2.45, 2.75) is 44.7 Å². The van der Waals surface area contributed by atoms with E-state index in [4.69, 9.17) is 0 Å². The first-order valence-electron chi connectivity index (χ1n) is 13.1. The monoisotopic (exact) mass is 588 g/mol. The predicted octanol–water partition coefficient (Wildman–Crippen LogP) is 5.78. The van der Waals surface area contributed by atoms with Crippen molar-refractivity contribution in [2.24, 2.45) is 5.92 Å². The summed E-state index contributed by atoms with van der Waals surface area (Å²) in [6.07, 6.45) is -9.50. The number of amides is 3. The standard InChI is InChI=1S/C28H31F7N4O2/c1-16-10-22(29)4-5-23(16)25-18(14-38-9-7-36-24(40)15-38)6-8-39(25)26(41)37(3)17(2)19-11-20(27(30,31)32)13-21(12-19)28(33,34)35/h4-5,10-13,17-18,25H,6-9,14-15H2,1-3H3,(H,36,40)/t17-,18+,25-/m1/s1. The summed E-state index contributed by atoms with van der Waals surface area (Å²) in [5.41, 5.74) is -1.95. The van der Waals surface area contributed by atoms with Crippen LogP contribution < -0.4 is 5.32 Å². The summed E-state index contributed by atoms with van der Waals surface area (Å²) in [6, 6.07) is 3.24. The zero-order chi connectivity index (χ0) is 30.3. The lowest BCUT2D eigenvalue weighted by Crippen LogP contribution is -2.49. The van der Waals surface area contributed by atoms with Crippen molar-refractivity contribution < 1.29 is 40.3 Å².